The number of hydrogen-bond acceptors (Lipinski definition) is 3. The topological polar surface area (TPSA) is 52.0 Å². The summed E-state index contributed by atoms with van der Waals surface area (Å²) in [6.07, 6.45) is 6.44. The quantitative estimate of drug-likeness (QED) is 0.756. The van der Waals surface area contributed by atoms with E-state index in [-0.39, 0.29) is 4.90 Å². The van der Waals surface area contributed by atoms with Gasteiger partial charge >= 0.3 is 0 Å². The molecule has 1 heterocycles. The third kappa shape index (κ3) is 3.90. The highest BCUT2D eigenvalue weighted by Crippen LogP contribution is 2.14. The van der Waals surface area contributed by atoms with Crippen LogP contribution in [0, 0.1) is 5.92 Å². The van der Waals surface area contributed by atoms with E-state index in [0.717, 1.165) is 24.7 Å². The maximum Gasteiger partial charge on any atom is 0.178 e. The monoisotopic (exact) mass is 308 g/mol. The van der Waals surface area contributed by atoms with Crippen LogP contribution in [0.25, 0.3) is 0 Å². The smallest absolute Gasteiger partial charge is 0.178 e. The fourth-order valence-corrected chi connectivity index (χ4v) is 2.61. The van der Waals surface area contributed by atoms with Crippen molar-refractivity contribution in [2.24, 2.45) is 5.92 Å². The molecule has 0 N–H and O–H groups in total. The van der Waals surface area contributed by atoms with Crippen molar-refractivity contribution in [1.82, 2.24) is 9.78 Å². The highest BCUT2D eigenvalue weighted by atomic mass is 79.9. The average molecular weight is 309 g/mol. The van der Waals surface area contributed by atoms with Crippen molar-refractivity contribution >= 4 is 25.8 Å². The Hall–Kier alpha value is -0.360. The fourth-order valence-electron chi connectivity index (χ4n) is 1.53. The minimum atomic E-state index is -3.13. The molecule has 0 radical (unpaired) electrons. The molecule has 0 saturated carbocycles. The summed E-state index contributed by atoms with van der Waals surface area (Å²) < 4.78 is 24.2. The summed E-state index contributed by atoms with van der Waals surface area (Å²) in [6.45, 7) is 2.90. The Labute approximate surface area is 105 Å². The van der Waals surface area contributed by atoms with Crippen LogP contribution in [0.3, 0.4) is 0 Å². The number of alkyl halides is 1. The van der Waals surface area contributed by atoms with Crippen molar-refractivity contribution in [2.75, 3.05) is 11.6 Å². The van der Waals surface area contributed by atoms with Gasteiger partial charge in [-0.2, -0.15) is 5.10 Å². The second kappa shape index (κ2) is 5.82. The van der Waals surface area contributed by atoms with E-state index < -0.39 is 9.84 Å². The first-order valence-corrected chi connectivity index (χ1v) is 8.27. The summed E-state index contributed by atoms with van der Waals surface area (Å²) in [7, 11) is -3.13. The van der Waals surface area contributed by atoms with Gasteiger partial charge < -0.3 is 0 Å². The van der Waals surface area contributed by atoms with Crippen LogP contribution in [-0.2, 0) is 16.4 Å². The summed E-state index contributed by atoms with van der Waals surface area (Å²) in [4.78, 5) is 0.289. The summed E-state index contributed by atoms with van der Waals surface area (Å²) in [6, 6.07) is 0. The van der Waals surface area contributed by atoms with E-state index in [4.69, 9.17) is 0 Å². The lowest BCUT2D eigenvalue weighted by atomic mass is 10.1. The Balaban J connectivity index is 2.71. The summed E-state index contributed by atoms with van der Waals surface area (Å²) in [5.41, 5.74) is 0. The molecule has 6 heteroatoms. The molecule has 0 amide bonds. The SMILES string of the molecule is CCCC(CBr)Cn1cc(S(C)(=O)=O)cn1. The zero-order chi connectivity index (χ0) is 12.2. The number of nitrogens with zero attached hydrogens (tertiary/aromatic N) is 2. The van der Waals surface area contributed by atoms with Crippen molar-refractivity contribution in [3.8, 4) is 0 Å². The molecule has 0 aliphatic heterocycles. The maximum atomic E-state index is 11.3. The van der Waals surface area contributed by atoms with Gasteiger partial charge in [-0.3, -0.25) is 4.68 Å². The molecule has 0 aromatic carbocycles. The third-order valence-electron chi connectivity index (χ3n) is 2.40. The van der Waals surface area contributed by atoms with Crippen LogP contribution >= 0.6 is 15.9 Å². The van der Waals surface area contributed by atoms with E-state index in [1.165, 1.54) is 12.5 Å². The molecule has 0 fully saturated rings. The van der Waals surface area contributed by atoms with Gasteiger partial charge in [-0.05, 0) is 12.3 Å². The summed E-state index contributed by atoms with van der Waals surface area (Å²) in [5, 5.41) is 4.98. The van der Waals surface area contributed by atoms with E-state index in [2.05, 4.69) is 28.0 Å². The van der Waals surface area contributed by atoms with Gasteiger partial charge in [0.05, 0.1) is 6.20 Å². The molecule has 1 aromatic rings. The molecule has 0 spiro atoms. The lowest BCUT2D eigenvalue weighted by Gasteiger charge is -2.12. The van der Waals surface area contributed by atoms with E-state index >= 15 is 0 Å². The number of hydrogen-bond donors (Lipinski definition) is 0. The summed E-state index contributed by atoms with van der Waals surface area (Å²) >= 11 is 3.46. The third-order valence-corrected chi connectivity index (χ3v) is 4.38. The average Bonchev–Trinajstić information content (AvgIpc) is 2.65. The van der Waals surface area contributed by atoms with Gasteiger partial charge in [-0.15, -0.1) is 0 Å². The van der Waals surface area contributed by atoms with Crippen molar-refractivity contribution in [2.45, 2.75) is 31.2 Å². The van der Waals surface area contributed by atoms with Crippen molar-refractivity contribution in [3.05, 3.63) is 12.4 Å². The standard InChI is InChI=1S/C10H17BrN2O2S/c1-3-4-9(5-11)7-13-8-10(6-12-13)16(2,14)15/h6,8-9H,3-5,7H2,1-2H3. The van der Waals surface area contributed by atoms with E-state index in [9.17, 15) is 8.42 Å². The van der Waals surface area contributed by atoms with Gasteiger partial charge in [0.2, 0.25) is 0 Å². The number of sulfone groups is 1. The normalized spacial score (nSPS) is 13.9. The minimum Gasteiger partial charge on any atom is -0.271 e. The van der Waals surface area contributed by atoms with Gasteiger partial charge in [0, 0.05) is 24.3 Å². The molecule has 4 nitrogen and oxygen atoms in total. The molecule has 92 valence electrons. The molecule has 0 aliphatic rings. The van der Waals surface area contributed by atoms with E-state index in [0.29, 0.717) is 5.92 Å². The first kappa shape index (κ1) is 13.7. The van der Waals surface area contributed by atoms with Crippen LogP contribution in [0.5, 0.6) is 0 Å². The minimum absolute atomic E-state index is 0.289. The molecule has 1 rings (SSSR count). The van der Waals surface area contributed by atoms with Crippen LogP contribution in [0.2, 0.25) is 0 Å². The van der Waals surface area contributed by atoms with Gasteiger partial charge in [-0.1, -0.05) is 29.3 Å². The molecular weight excluding hydrogens is 292 g/mol. The predicted octanol–water partition coefficient (Wildman–Crippen LogP) is 2.10. The van der Waals surface area contributed by atoms with Crippen molar-refractivity contribution in [3.63, 3.8) is 0 Å². The molecule has 1 aromatic heterocycles. The number of rotatable bonds is 6. The Morgan fingerprint density at radius 2 is 2.25 bits per heavy atom. The zero-order valence-corrected chi connectivity index (χ0v) is 12.0. The summed E-state index contributed by atoms with van der Waals surface area (Å²) in [5.74, 6) is 0.498. The van der Waals surface area contributed by atoms with Gasteiger partial charge in [0.25, 0.3) is 0 Å². The van der Waals surface area contributed by atoms with Crippen LogP contribution in [0.1, 0.15) is 19.8 Å². The lowest BCUT2D eigenvalue weighted by molar-refractivity contribution is 0.428. The Morgan fingerprint density at radius 3 is 2.69 bits per heavy atom. The Bertz CT molecular complexity index is 428. The van der Waals surface area contributed by atoms with Crippen LogP contribution in [0.4, 0.5) is 0 Å². The zero-order valence-electron chi connectivity index (χ0n) is 9.56. The first-order valence-electron chi connectivity index (χ1n) is 5.25. The highest BCUT2D eigenvalue weighted by molar-refractivity contribution is 9.09. The second-order valence-corrected chi connectivity index (χ2v) is 6.64. The van der Waals surface area contributed by atoms with Gasteiger partial charge in [0.15, 0.2) is 9.84 Å². The Kier molecular flexibility index (Phi) is 4.98. The number of aromatic nitrogens is 2. The molecule has 0 saturated heterocycles. The second-order valence-electron chi connectivity index (χ2n) is 3.98. The molecule has 0 aliphatic carbocycles. The maximum absolute atomic E-state index is 11.3. The van der Waals surface area contributed by atoms with Crippen LogP contribution < -0.4 is 0 Å². The van der Waals surface area contributed by atoms with E-state index in [1.807, 2.05) is 0 Å². The highest BCUT2D eigenvalue weighted by Gasteiger charge is 2.12. The van der Waals surface area contributed by atoms with Crippen LogP contribution in [0.15, 0.2) is 17.3 Å². The lowest BCUT2D eigenvalue weighted by Crippen LogP contribution is -2.12. The molecule has 1 unspecified atom stereocenters. The molecule has 1 atom stereocenters. The fraction of sp³-hybridized carbons (Fsp3) is 0.700. The molecule has 16 heavy (non-hydrogen) atoms. The molecular formula is C10H17BrN2O2S. The van der Waals surface area contributed by atoms with E-state index in [1.54, 1.807) is 10.9 Å². The van der Waals surface area contributed by atoms with Gasteiger partial charge in [0.1, 0.15) is 4.90 Å². The predicted molar refractivity (Wildman–Crippen MR) is 67.5 cm³/mol. The largest absolute Gasteiger partial charge is 0.271 e. The van der Waals surface area contributed by atoms with Crippen molar-refractivity contribution < 1.29 is 8.42 Å². The van der Waals surface area contributed by atoms with Gasteiger partial charge in [-0.25, -0.2) is 8.42 Å². The van der Waals surface area contributed by atoms with Crippen LogP contribution in [-0.4, -0.2) is 29.8 Å². The Morgan fingerprint density at radius 1 is 1.56 bits per heavy atom. The van der Waals surface area contributed by atoms with Crippen molar-refractivity contribution in [1.29, 1.82) is 0 Å². The first-order chi connectivity index (χ1) is 7.47. The molecule has 0 bridgehead atoms. The number of halogens is 1.